The van der Waals surface area contributed by atoms with E-state index in [1.54, 1.807) is 19.2 Å². The van der Waals surface area contributed by atoms with Crippen LogP contribution in [-0.4, -0.2) is 39.0 Å². The van der Waals surface area contributed by atoms with Crippen molar-refractivity contribution < 1.29 is 13.2 Å². The molecule has 1 saturated heterocycles. The summed E-state index contributed by atoms with van der Waals surface area (Å²) in [5.41, 5.74) is 0.721. The topological polar surface area (TPSA) is 46.6 Å². The molecule has 0 spiro atoms. The molecule has 0 amide bonds. The Kier molecular flexibility index (Phi) is 4.74. The molecule has 0 saturated carbocycles. The zero-order valence-electron chi connectivity index (χ0n) is 10.5. The van der Waals surface area contributed by atoms with Gasteiger partial charge in [0.25, 0.3) is 0 Å². The zero-order chi connectivity index (χ0) is 14.0. The number of nitrogens with zero attached hydrogens (tertiary/aromatic N) is 1. The summed E-state index contributed by atoms with van der Waals surface area (Å²) in [5, 5.41) is 0.374. The Labute approximate surface area is 123 Å². The zero-order valence-corrected chi connectivity index (χ0v) is 12.8. The Morgan fingerprint density at radius 3 is 2.74 bits per heavy atom. The van der Waals surface area contributed by atoms with Crippen LogP contribution in [0.1, 0.15) is 12.0 Å². The number of alkyl halides is 1. The van der Waals surface area contributed by atoms with E-state index in [9.17, 15) is 8.42 Å². The van der Waals surface area contributed by atoms with Crippen LogP contribution in [0.15, 0.2) is 23.1 Å². The third-order valence-corrected chi connectivity index (χ3v) is 5.75. The fourth-order valence-corrected chi connectivity index (χ4v) is 4.18. The molecule has 1 fully saturated rings. The van der Waals surface area contributed by atoms with Crippen molar-refractivity contribution in [3.8, 4) is 0 Å². The average Bonchev–Trinajstić information content (AvgIpc) is 2.88. The van der Waals surface area contributed by atoms with Crippen LogP contribution in [0, 0.1) is 0 Å². The molecule has 0 aromatic heterocycles. The van der Waals surface area contributed by atoms with Crippen molar-refractivity contribution in [1.82, 2.24) is 4.31 Å². The average molecular weight is 324 g/mol. The molecule has 1 atom stereocenters. The maximum Gasteiger partial charge on any atom is 0.243 e. The molecule has 0 aliphatic carbocycles. The minimum absolute atomic E-state index is 0.0349. The van der Waals surface area contributed by atoms with Crippen LogP contribution < -0.4 is 0 Å². The maximum absolute atomic E-state index is 12.4. The second-order valence-electron chi connectivity index (χ2n) is 4.40. The van der Waals surface area contributed by atoms with E-state index >= 15 is 0 Å². The van der Waals surface area contributed by atoms with E-state index in [0.717, 1.165) is 5.56 Å². The molecule has 0 radical (unpaired) electrons. The standard InChI is InChI=1S/C12H15Cl2NO3S/c1-18-10-4-5-15(8-10)19(16,17)11-3-2-9(7-13)12(14)6-11/h2-3,6,10H,4-5,7-8H2,1H3. The molecule has 2 rings (SSSR count). The fraction of sp³-hybridized carbons (Fsp3) is 0.500. The Morgan fingerprint density at radius 1 is 1.47 bits per heavy atom. The molecule has 0 N–H and O–H groups in total. The SMILES string of the molecule is COC1CCN(S(=O)(=O)c2ccc(CCl)c(Cl)c2)C1. The second-order valence-corrected chi connectivity index (χ2v) is 7.01. The third-order valence-electron chi connectivity index (χ3n) is 3.25. The van der Waals surface area contributed by atoms with Crippen LogP contribution in [0.5, 0.6) is 0 Å². The summed E-state index contributed by atoms with van der Waals surface area (Å²) < 4.78 is 31.5. The summed E-state index contributed by atoms with van der Waals surface area (Å²) in [5.74, 6) is 0.259. The molecule has 4 nitrogen and oxygen atoms in total. The highest BCUT2D eigenvalue weighted by atomic mass is 35.5. The summed E-state index contributed by atoms with van der Waals surface area (Å²) in [6.45, 7) is 0.851. The van der Waals surface area contributed by atoms with E-state index < -0.39 is 10.0 Å². The van der Waals surface area contributed by atoms with Gasteiger partial charge in [0.1, 0.15) is 0 Å². The van der Waals surface area contributed by atoms with Crippen LogP contribution in [0.2, 0.25) is 5.02 Å². The van der Waals surface area contributed by atoms with E-state index in [2.05, 4.69) is 0 Å². The van der Waals surface area contributed by atoms with Crippen molar-refractivity contribution in [3.05, 3.63) is 28.8 Å². The Hall–Kier alpha value is -0.330. The van der Waals surface area contributed by atoms with Crippen LogP contribution in [0.4, 0.5) is 0 Å². The van der Waals surface area contributed by atoms with Crippen LogP contribution in [0.25, 0.3) is 0 Å². The Balaban J connectivity index is 2.27. The van der Waals surface area contributed by atoms with Crippen molar-refractivity contribution in [1.29, 1.82) is 0 Å². The minimum atomic E-state index is -3.50. The smallest absolute Gasteiger partial charge is 0.243 e. The first-order valence-electron chi connectivity index (χ1n) is 5.86. The van der Waals surface area contributed by atoms with Gasteiger partial charge in [-0.05, 0) is 24.1 Å². The lowest BCUT2D eigenvalue weighted by molar-refractivity contribution is 0.115. The van der Waals surface area contributed by atoms with Gasteiger partial charge in [0.15, 0.2) is 0 Å². The number of sulfonamides is 1. The first-order chi connectivity index (χ1) is 8.98. The molecule has 1 heterocycles. The molecule has 106 valence electrons. The monoisotopic (exact) mass is 323 g/mol. The van der Waals surface area contributed by atoms with Crippen molar-refractivity contribution in [2.75, 3.05) is 20.2 Å². The number of rotatable bonds is 4. The predicted octanol–water partition coefficient (Wildman–Crippen LogP) is 2.49. The lowest BCUT2D eigenvalue weighted by atomic mass is 10.2. The quantitative estimate of drug-likeness (QED) is 0.800. The molecule has 7 heteroatoms. The van der Waals surface area contributed by atoms with Gasteiger partial charge in [0.05, 0.1) is 11.0 Å². The number of halogens is 2. The van der Waals surface area contributed by atoms with Gasteiger partial charge in [-0.3, -0.25) is 0 Å². The van der Waals surface area contributed by atoms with Crippen LogP contribution in [0.3, 0.4) is 0 Å². The molecule has 1 unspecified atom stereocenters. The Bertz CT molecular complexity index is 562. The fourth-order valence-electron chi connectivity index (χ4n) is 2.05. The molecular formula is C12H15Cl2NO3S. The van der Waals surface area contributed by atoms with Gasteiger partial charge in [0, 0.05) is 31.1 Å². The lowest BCUT2D eigenvalue weighted by Gasteiger charge is -2.16. The maximum atomic E-state index is 12.4. The predicted molar refractivity (Wildman–Crippen MR) is 75.2 cm³/mol. The highest BCUT2D eigenvalue weighted by Crippen LogP contribution is 2.26. The first kappa shape index (κ1) is 15.1. The number of hydrogen-bond acceptors (Lipinski definition) is 3. The van der Waals surface area contributed by atoms with Crippen LogP contribution in [-0.2, 0) is 20.6 Å². The molecule has 1 aromatic rings. The summed E-state index contributed by atoms with van der Waals surface area (Å²) >= 11 is 11.7. The van der Waals surface area contributed by atoms with E-state index in [-0.39, 0.29) is 16.9 Å². The Morgan fingerprint density at radius 2 is 2.21 bits per heavy atom. The second kappa shape index (κ2) is 5.97. The van der Waals surface area contributed by atoms with Crippen molar-refractivity contribution in [3.63, 3.8) is 0 Å². The van der Waals surface area contributed by atoms with Gasteiger partial charge in [-0.2, -0.15) is 4.31 Å². The summed E-state index contributed by atoms with van der Waals surface area (Å²) in [7, 11) is -1.91. The largest absolute Gasteiger partial charge is 0.380 e. The molecule has 1 aliphatic rings. The van der Waals surface area contributed by atoms with Gasteiger partial charge in [-0.25, -0.2) is 8.42 Å². The van der Waals surface area contributed by atoms with Crippen molar-refractivity contribution >= 4 is 33.2 Å². The first-order valence-corrected chi connectivity index (χ1v) is 8.21. The van der Waals surface area contributed by atoms with Gasteiger partial charge < -0.3 is 4.74 Å². The van der Waals surface area contributed by atoms with E-state index in [1.807, 2.05) is 0 Å². The minimum Gasteiger partial charge on any atom is -0.380 e. The van der Waals surface area contributed by atoms with Crippen molar-refractivity contribution in [2.24, 2.45) is 0 Å². The summed E-state index contributed by atoms with van der Waals surface area (Å²) in [6.07, 6.45) is 0.677. The summed E-state index contributed by atoms with van der Waals surface area (Å²) in [6, 6.07) is 4.64. The summed E-state index contributed by atoms with van der Waals surface area (Å²) in [4.78, 5) is 0.197. The lowest BCUT2D eigenvalue weighted by Crippen LogP contribution is -2.30. The highest BCUT2D eigenvalue weighted by Gasteiger charge is 2.32. The normalized spacial score (nSPS) is 20.9. The number of ether oxygens (including phenoxy) is 1. The number of methoxy groups -OCH3 is 1. The number of hydrogen-bond donors (Lipinski definition) is 0. The van der Waals surface area contributed by atoms with E-state index in [4.69, 9.17) is 27.9 Å². The van der Waals surface area contributed by atoms with Gasteiger partial charge in [-0.15, -0.1) is 11.6 Å². The third kappa shape index (κ3) is 3.06. The molecule has 0 bridgehead atoms. The van der Waals surface area contributed by atoms with E-state index in [0.29, 0.717) is 24.5 Å². The highest BCUT2D eigenvalue weighted by molar-refractivity contribution is 7.89. The number of benzene rings is 1. The molecule has 1 aromatic carbocycles. The molecule has 19 heavy (non-hydrogen) atoms. The van der Waals surface area contributed by atoms with Gasteiger partial charge in [-0.1, -0.05) is 17.7 Å². The van der Waals surface area contributed by atoms with Gasteiger partial charge in [0.2, 0.25) is 10.0 Å². The van der Waals surface area contributed by atoms with E-state index in [1.165, 1.54) is 10.4 Å². The van der Waals surface area contributed by atoms with Crippen molar-refractivity contribution in [2.45, 2.75) is 23.3 Å². The molecular weight excluding hydrogens is 309 g/mol. The van der Waals surface area contributed by atoms with Gasteiger partial charge >= 0.3 is 0 Å². The molecule has 1 aliphatic heterocycles. The van der Waals surface area contributed by atoms with Crippen LogP contribution >= 0.6 is 23.2 Å².